The molecule has 0 fully saturated rings. The maximum Gasteiger partial charge on any atom is 0.327 e. The number of nitrogens with two attached hydrogens (primary N) is 2. The fourth-order valence-corrected chi connectivity index (χ4v) is 2.91. The average Bonchev–Trinajstić information content (AvgIpc) is 2.71. The molecule has 9 N–H and O–H groups in total. The van der Waals surface area contributed by atoms with Gasteiger partial charge in [-0.2, -0.15) is 0 Å². The van der Waals surface area contributed by atoms with E-state index < -0.39 is 42.0 Å². The minimum absolute atomic E-state index is 0.120. The molecule has 3 amide bonds. The topological polar surface area (TPSA) is 197 Å². The van der Waals surface area contributed by atoms with E-state index in [9.17, 15) is 24.3 Å². The molecule has 31 heavy (non-hydrogen) atoms. The largest absolute Gasteiger partial charge is 0.480 e. The van der Waals surface area contributed by atoms with Gasteiger partial charge in [-0.25, -0.2) is 4.79 Å². The molecule has 180 valence electrons. The summed E-state index contributed by atoms with van der Waals surface area (Å²) in [5.41, 5.74) is 10.8. The lowest BCUT2D eigenvalue weighted by Crippen LogP contribution is -2.60. The van der Waals surface area contributed by atoms with Crippen molar-refractivity contribution in [2.75, 3.05) is 13.1 Å². The third kappa shape index (κ3) is 12.3. The number of hydrogen-bond donors (Lipinski definition) is 7. The summed E-state index contributed by atoms with van der Waals surface area (Å²) in [6.07, 6.45) is 5.24. The number of carbonyl (C=O) groups is 4. The van der Waals surface area contributed by atoms with Gasteiger partial charge >= 0.3 is 5.97 Å². The Morgan fingerprint density at radius 3 is 2.00 bits per heavy atom. The van der Waals surface area contributed by atoms with Crippen LogP contribution in [0.1, 0.15) is 65.2 Å². The van der Waals surface area contributed by atoms with E-state index in [0.29, 0.717) is 6.42 Å². The molecular formula is C20H39N5O6. The summed E-state index contributed by atoms with van der Waals surface area (Å²) in [5, 5.41) is 26.0. The highest BCUT2D eigenvalue weighted by Gasteiger charge is 2.31. The first-order chi connectivity index (χ1) is 14.7. The first-order valence-electron chi connectivity index (χ1n) is 10.9. The molecule has 11 nitrogen and oxygen atoms in total. The predicted octanol–water partition coefficient (Wildman–Crippen LogP) is -1.04. The minimum Gasteiger partial charge on any atom is -0.480 e. The van der Waals surface area contributed by atoms with E-state index in [2.05, 4.69) is 22.9 Å². The predicted molar refractivity (Wildman–Crippen MR) is 116 cm³/mol. The maximum absolute atomic E-state index is 12.6. The maximum atomic E-state index is 12.6. The van der Waals surface area contributed by atoms with Crippen molar-refractivity contribution in [3.8, 4) is 0 Å². The third-order valence-corrected chi connectivity index (χ3v) is 4.78. The van der Waals surface area contributed by atoms with Crippen LogP contribution in [0.4, 0.5) is 0 Å². The smallest absolute Gasteiger partial charge is 0.327 e. The van der Waals surface area contributed by atoms with Gasteiger partial charge in [0.05, 0.1) is 6.10 Å². The molecule has 0 unspecified atom stereocenters. The van der Waals surface area contributed by atoms with Crippen LogP contribution in [-0.4, -0.2) is 71.2 Å². The van der Waals surface area contributed by atoms with E-state index in [0.717, 1.165) is 25.7 Å². The Morgan fingerprint density at radius 2 is 1.48 bits per heavy atom. The van der Waals surface area contributed by atoms with Crippen molar-refractivity contribution < 1.29 is 29.4 Å². The van der Waals surface area contributed by atoms with Gasteiger partial charge in [-0.3, -0.25) is 14.4 Å². The highest BCUT2D eigenvalue weighted by molar-refractivity contribution is 5.93. The van der Waals surface area contributed by atoms with Crippen molar-refractivity contribution in [1.82, 2.24) is 16.0 Å². The fraction of sp³-hybridized carbons (Fsp3) is 0.800. The van der Waals surface area contributed by atoms with Gasteiger partial charge in [-0.15, -0.1) is 0 Å². The first kappa shape index (κ1) is 28.8. The van der Waals surface area contributed by atoms with E-state index in [1.807, 2.05) is 0 Å². The molecule has 0 aromatic heterocycles. The minimum atomic E-state index is -1.42. The molecule has 0 aromatic rings. The van der Waals surface area contributed by atoms with Crippen LogP contribution < -0.4 is 27.4 Å². The Morgan fingerprint density at radius 1 is 0.871 bits per heavy atom. The number of carboxylic acids is 1. The van der Waals surface area contributed by atoms with Crippen LogP contribution in [0, 0.1) is 0 Å². The highest BCUT2D eigenvalue weighted by atomic mass is 16.4. The SMILES string of the molecule is CCCCCCCCC(=O)N[C@@H](CCN)C(=O)N[C@H](C(=O)N[C@H](CN)C(=O)O)[C@@H](C)O. The lowest BCUT2D eigenvalue weighted by atomic mass is 10.1. The molecule has 11 heteroatoms. The number of nitrogens with one attached hydrogen (secondary N) is 3. The van der Waals surface area contributed by atoms with Gasteiger partial charge < -0.3 is 37.6 Å². The molecular weight excluding hydrogens is 406 g/mol. The molecule has 0 spiro atoms. The number of rotatable bonds is 17. The van der Waals surface area contributed by atoms with Crippen molar-refractivity contribution in [2.24, 2.45) is 11.5 Å². The van der Waals surface area contributed by atoms with Gasteiger partial charge in [0.15, 0.2) is 0 Å². The van der Waals surface area contributed by atoms with Crippen LogP contribution in [0.5, 0.6) is 0 Å². The Labute approximate surface area is 183 Å². The number of amides is 3. The molecule has 0 aliphatic carbocycles. The van der Waals surface area contributed by atoms with Crippen molar-refractivity contribution in [3.63, 3.8) is 0 Å². The van der Waals surface area contributed by atoms with Crippen LogP contribution in [-0.2, 0) is 19.2 Å². The number of aliphatic hydroxyl groups is 1. The number of carboxylic acid groups (broad SMARTS) is 1. The lowest BCUT2D eigenvalue weighted by molar-refractivity contribution is -0.142. The number of unbranched alkanes of at least 4 members (excludes halogenated alkanes) is 5. The number of aliphatic hydroxyl groups excluding tert-OH is 1. The molecule has 0 saturated carbocycles. The van der Waals surface area contributed by atoms with Gasteiger partial charge in [0.2, 0.25) is 17.7 Å². The van der Waals surface area contributed by atoms with Gasteiger partial charge in [0.1, 0.15) is 18.1 Å². The summed E-state index contributed by atoms with van der Waals surface area (Å²) in [5.74, 6) is -3.22. The number of aliphatic carboxylic acids is 1. The van der Waals surface area contributed by atoms with Crippen LogP contribution in [0.3, 0.4) is 0 Å². The summed E-state index contributed by atoms with van der Waals surface area (Å²) < 4.78 is 0. The normalized spacial score (nSPS) is 14.7. The Balaban J connectivity index is 4.84. The first-order valence-corrected chi connectivity index (χ1v) is 10.9. The third-order valence-electron chi connectivity index (χ3n) is 4.78. The quantitative estimate of drug-likeness (QED) is 0.138. The lowest BCUT2D eigenvalue weighted by Gasteiger charge is -2.25. The van der Waals surface area contributed by atoms with Crippen molar-refractivity contribution in [3.05, 3.63) is 0 Å². The zero-order chi connectivity index (χ0) is 23.8. The summed E-state index contributed by atoms with van der Waals surface area (Å²) in [4.78, 5) is 48.2. The molecule has 0 heterocycles. The zero-order valence-corrected chi connectivity index (χ0v) is 18.6. The van der Waals surface area contributed by atoms with Crippen LogP contribution in [0.15, 0.2) is 0 Å². The second-order valence-electron chi connectivity index (χ2n) is 7.58. The highest BCUT2D eigenvalue weighted by Crippen LogP contribution is 2.07. The molecule has 0 saturated heterocycles. The standard InChI is InChI=1S/C20H39N5O6/c1-3-4-5-6-7-8-9-16(27)23-14(10-11-21)18(28)25-17(13(2)26)19(29)24-15(12-22)20(30)31/h13-15,17,26H,3-12,21-22H2,1-2H3,(H,23,27)(H,24,29)(H,25,28)(H,30,31)/t13-,14+,15-,17+/m1/s1. The molecule has 0 bridgehead atoms. The van der Waals surface area contributed by atoms with Crippen molar-refractivity contribution in [2.45, 2.75) is 89.4 Å². The van der Waals surface area contributed by atoms with Gasteiger partial charge in [-0.1, -0.05) is 39.0 Å². The van der Waals surface area contributed by atoms with Gasteiger partial charge in [0, 0.05) is 13.0 Å². The van der Waals surface area contributed by atoms with E-state index in [1.54, 1.807) is 0 Å². The molecule has 0 aromatic carbocycles. The summed E-state index contributed by atoms with van der Waals surface area (Å²) in [6.45, 7) is 3.17. The monoisotopic (exact) mass is 445 g/mol. The molecule has 0 rings (SSSR count). The summed E-state index contributed by atoms with van der Waals surface area (Å²) >= 11 is 0. The Kier molecular flexibility index (Phi) is 15.3. The number of hydrogen-bond acceptors (Lipinski definition) is 7. The van der Waals surface area contributed by atoms with Gasteiger partial charge in [-0.05, 0) is 26.3 Å². The van der Waals surface area contributed by atoms with Crippen LogP contribution in [0.25, 0.3) is 0 Å². The average molecular weight is 446 g/mol. The summed E-state index contributed by atoms with van der Waals surface area (Å²) in [7, 11) is 0. The fourth-order valence-electron chi connectivity index (χ4n) is 2.91. The Hall–Kier alpha value is -2.24. The second-order valence-corrected chi connectivity index (χ2v) is 7.58. The van der Waals surface area contributed by atoms with Crippen LogP contribution >= 0.6 is 0 Å². The van der Waals surface area contributed by atoms with Crippen LogP contribution in [0.2, 0.25) is 0 Å². The molecule has 0 aliphatic heterocycles. The van der Waals surface area contributed by atoms with Crippen molar-refractivity contribution >= 4 is 23.7 Å². The number of carbonyl (C=O) groups excluding carboxylic acids is 3. The van der Waals surface area contributed by atoms with E-state index in [1.165, 1.54) is 13.3 Å². The van der Waals surface area contributed by atoms with E-state index in [4.69, 9.17) is 16.6 Å². The van der Waals surface area contributed by atoms with Crippen molar-refractivity contribution in [1.29, 1.82) is 0 Å². The Bertz CT molecular complexity index is 572. The van der Waals surface area contributed by atoms with E-state index in [-0.39, 0.29) is 31.8 Å². The zero-order valence-electron chi connectivity index (χ0n) is 18.6. The van der Waals surface area contributed by atoms with Gasteiger partial charge in [0.25, 0.3) is 0 Å². The molecule has 0 aliphatic rings. The molecule has 0 radical (unpaired) electrons. The second kappa shape index (κ2) is 16.5. The van der Waals surface area contributed by atoms with E-state index >= 15 is 0 Å². The summed E-state index contributed by atoms with van der Waals surface area (Å²) in [6, 6.07) is -3.75. The molecule has 4 atom stereocenters.